The summed E-state index contributed by atoms with van der Waals surface area (Å²) in [7, 11) is -3.70. The lowest BCUT2D eigenvalue weighted by molar-refractivity contribution is -0.384. The second-order valence-corrected chi connectivity index (χ2v) is 8.76. The maximum Gasteiger partial charge on any atom is 0.573 e. The van der Waals surface area contributed by atoms with Gasteiger partial charge in [0, 0.05) is 6.26 Å². The molecule has 14 heteroatoms. The van der Waals surface area contributed by atoms with Crippen molar-refractivity contribution in [2.45, 2.75) is 11.3 Å². The van der Waals surface area contributed by atoms with Crippen LogP contribution in [0.3, 0.4) is 0 Å². The van der Waals surface area contributed by atoms with E-state index in [9.17, 15) is 36.5 Å². The van der Waals surface area contributed by atoms with Crippen LogP contribution in [0, 0.1) is 10.1 Å². The lowest BCUT2D eigenvalue weighted by atomic mass is 9.99. The molecular formula is C20H14F3N3O7S. The number of pyridine rings is 1. The predicted molar refractivity (Wildman–Crippen MR) is 111 cm³/mol. The lowest BCUT2D eigenvalue weighted by Crippen LogP contribution is -2.17. The quantitative estimate of drug-likeness (QED) is 0.382. The van der Waals surface area contributed by atoms with Gasteiger partial charge in [0.1, 0.15) is 23.3 Å². The molecule has 0 aliphatic carbocycles. The SMILES string of the molecule is CS(=O)(=O)c1cccc(-c2c([N+](=O)[O-])cnc(Oc3ccc(OC(F)(F)F)cc3)c2C(N)=O)c1. The minimum atomic E-state index is -4.91. The molecule has 0 spiro atoms. The van der Waals surface area contributed by atoms with Crippen molar-refractivity contribution < 1.29 is 40.8 Å². The third-order valence-corrected chi connectivity index (χ3v) is 5.40. The molecule has 0 radical (unpaired) electrons. The van der Waals surface area contributed by atoms with Gasteiger partial charge in [-0.25, -0.2) is 13.4 Å². The monoisotopic (exact) mass is 497 g/mol. The molecule has 1 heterocycles. The van der Waals surface area contributed by atoms with Gasteiger partial charge in [0.2, 0.25) is 5.88 Å². The Morgan fingerprint density at radius 2 is 1.74 bits per heavy atom. The van der Waals surface area contributed by atoms with E-state index in [0.29, 0.717) is 0 Å². The smallest absolute Gasteiger partial charge is 0.438 e. The Labute approximate surface area is 189 Å². The van der Waals surface area contributed by atoms with E-state index in [4.69, 9.17) is 10.5 Å². The molecular weight excluding hydrogens is 483 g/mol. The highest BCUT2D eigenvalue weighted by atomic mass is 32.2. The summed E-state index contributed by atoms with van der Waals surface area (Å²) < 4.78 is 70.1. The summed E-state index contributed by atoms with van der Waals surface area (Å²) in [6.07, 6.45) is -3.19. The van der Waals surface area contributed by atoms with Crippen molar-refractivity contribution in [2.75, 3.05) is 6.26 Å². The maximum atomic E-state index is 12.3. The fourth-order valence-corrected chi connectivity index (χ4v) is 3.59. The fourth-order valence-electron chi connectivity index (χ4n) is 2.92. The van der Waals surface area contributed by atoms with Gasteiger partial charge in [-0.1, -0.05) is 12.1 Å². The molecule has 0 bridgehead atoms. The van der Waals surface area contributed by atoms with Crippen molar-refractivity contribution >= 4 is 21.4 Å². The molecule has 0 saturated carbocycles. The molecule has 10 nitrogen and oxygen atoms in total. The standard InChI is InChI=1S/C20H14F3N3O7S/c1-34(30,31)14-4-2-3-11(9-14)16-15(26(28)29)10-25-19(17(16)18(24)27)32-12-5-7-13(8-6-12)33-20(21,22)23/h2-10H,1H3,(H2,24,27). The average Bonchev–Trinajstić information content (AvgIpc) is 2.73. The molecule has 34 heavy (non-hydrogen) atoms. The number of ether oxygens (including phenoxy) is 2. The van der Waals surface area contributed by atoms with Crippen LogP contribution in [-0.2, 0) is 9.84 Å². The zero-order valence-corrected chi connectivity index (χ0v) is 17.9. The van der Waals surface area contributed by atoms with Crippen LogP contribution in [0.25, 0.3) is 11.1 Å². The number of nitrogens with two attached hydrogens (primary N) is 1. The number of aromatic nitrogens is 1. The summed E-state index contributed by atoms with van der Waals surface area (Å²) in [6, 6.07) is 9.08. The Balaban J connectivity index is 2.14. The summed E-state index contributed by atoms with van der Waals surface area (Å²) in [5.41, 5.74) is 3.90. The Morgan fingerprint density at radius 3 is 2.26 bits per heavy atom. The third-order valence-electron chi connectivity index (χ3n) is 4.29. The number of halogens is 3. The van der Waals surface area contributed by atoms with Crippen molar-refractivity contribution in [3.63, 3.8) is 0 Å². The highest BCUT2D eigenvalue weighted by Crippen LogP contribution is 2.39. The molecule has 3 rings (SSSR count). The van der Waals surface area contributed by atoms with Gasteiger partial charge in [0.15, 0.2) is 9.84 Å². The number of hydrogen-bond acceptors (Lipinski definition) is 8. The summed E-state index contributed by atoms with van der Waals surface area (Å²) in [5, 5.41) is 11.6. The molecule has 3 aromatic rings. The topological polar surface area (TPSA) is 152 Å². The first-order chi connectivity index (χ1) is 15.8. The van der Waals surface area contributed by atoms with Gasteiger partial charge in [-0.05, 0) is 42.0 Å². The number of sulfone groups is 1. The van der Waals surface area contributed by atoms with Gasteiger partial charge in [-0.15, -0.1) is 13.2 Å². The van der Waals surface area contributed by atoms with Crippen molar-refractivity contribution in [1.82, 2.24) is 4.98 Å². The largest absolute Gasteiger partial charge is 0.573 e. The first-order valence-electron chi connectivity index (χ1n) is 9.07. The Kier molecular flexibility index (Phi) is 6.45. The number of carbonyl (C=O) groups is 1. The molecule has 0 aliphatic heterocycles. The molecule has 0 aliphatic rings. The van der Waals surface area contributed by atoms with E-state index < -0.39 is 49.9 Å². The minimum Gasteiger partial charge on any atom is -0.438 e. The third kappa shape index (κ3) is 5.58. The first kappa shape index (κ1) is 24.4. The number of primary amides is 1. The number of benzene rings is 2. The summed E-state index contributed by atoms with van der Waals surface area (Å²) in [4.78, 5) is 26.7. The highest BCUT2D eigenvalue weighted by Gasteiger charge is 2.31. The van der Waals surface area contributed by atoms with Crippen LogP contribution in [-0.4, -0.2) is 36.9 Å². The molecule has 0 unspecified atom stereocenters. The number of nitro groups is 1. The number of amides is 1. The minimum absolute atomic E-state index is 0.0235. The number of hydrogen-bond donors (Lipinski definition) is 1. The van der Waals surface area contributed by atoms with Gasteiger partial charge in [-0.2, -0.15) is 0 Å². The van der Waals surface area contributed by atoms with E-state index in [-0.39, 0.29) is 21.8 Å². The molecule has 2 aromatic carbocycles. The molecule has 2 N–H and O–H groups in total. The normalized spacial score (nSPS) is 11.6. The number of rotatable bonds is 7. The molecule has 1 aromatic heterocycles. The molecule has 178 valence electrons. The van der Waals surface area contributed by atoms with Crippen molar-refractivity contribution in [2.24, 2.45) is 5.73 Å². The van der Waals surface area contributed by atoms with E-state index in [1.807, 2.05) is 0 Å². The van der Waals surface area contributed by atoms with Crippen molar-refractivity contribution in [3.8, 4) is 28.5 Å². The predicted octanol–water partition coefficient (Wildman–Crippen LogP) is 3.85. The van der Waals surface area contributed by atoms with Gasteiger partial charge < -0.3 is 15.2 Å². The lowest BCUT2D eigenvalue weighted by Gasteiger charge is -2.14. The van der Waals surface area contributed by atoms with Crippen LogP contribution in [0.15, 0.2) is 59.6 Å². The van der Waals surface area contributed by atoms with Crippen molar-refractivity contribution in [3.05, 3.63) is 70.4 Å². The van der Waals surface area contributed by atoms with Crippen LogP contribution in [0.2, 0.25) is 0 Å². The second kappa shape index (κ2) is 8.97. The summed E-state index contributed by atoms with van der Waals surface area (Å²) in [5.74, 6) is -2.29. The first-order valence-corrected chi connectivity index (χ1v) is 11.0. The molecule has 0 saturated heterocycles. The molecule has 0 fully saturated rings. The van der Waals surface area contributed by atoms with Crippen molar-refractivity contribution in [1.29, 1.82) is 0 Å². The van der Waals surface area contributed by atoms with Gasteiger partial charge >= 0.3 is 6.36 Å². The van der Waals surface area contributed by atoms with E-state index in [0.717, 1.165) is 42.8 Å². The van der Waals surface area contributed by atoms with Gasteiger partial charge in [0.25, 0.3) is 11.6 Å². The zero-order valence-electron chi connectivity index (χ0n) is 17.1. The molecule has 0 atom stereocenters. The van der Waals surface area contributed by atoms with Crippen LogP contribution >= 0.6 is 0 Å². The maximum absolute atomic E-state index is 12.3. The van der Waals surface area contributed by atoms with E-state index >= 15 is 0 Å². The Morgan fingerprint density at radius 1 is 1.12 bits per heavy atom. The number of nitrogens with zero attached hydrogens (tertiary/aromatic N) is 2. The summed E-state index contributed by atoms with van der Waals surface area (Å²) >= 11 is 0. The second-order valence-electron chi connectivity index (χ2n) is 6.74. The van der Waals surface area contributed by atoms with Crippen LogP contribution in [0.5, 0.6) is 17.4 Å². The zero-order chi connectivity index (χ0) is 25.3. The Bertz CT molecular complexity index is 1380. The van der Waals surface area contributed by atoms with Crippen LogP contribution in [0.1, 0.15) is 10.4 Å². The number of alkyl halides is 3. The Hall–Kier alpha value is -4.20. The van der Waals surface area contributed by atoms with E-state index in [1.165, 1.54) is 18.2 Å². The summed E-state index contributed by atoms with van der Waals surface area (Å²) in [6.45, 7) is 0. The van der Waals surface area contributed by atoms with Crippen LogP contribution in [0.4, 0.5) is 18.9 Å². The van der Waals surface area contributed by atoms with E-state index in [1.54, 1.807) is 0 Å². The van der Waals surface area contributed by atoms with Gasteiger partial charge in [0.05, 0.1) is 15.4 Å². The van der Waals surface area contributed by atoms with Gasteiger partial charge in [-0.3, -0.25) is 14.9 Å². The van der Waals surface area contributed by atoms with E-state index in [2.05, 4.69) is 9.72 Å². The van der Waals surface area contributed by atoms with Crippen LogP contribution < -0.4 is 15.2 Å². The highest BCUT2D eigenvalue weighted by molar-refractivity contribution is 7.90. The fraction of sp³-hybridized carbons (Fsp3) is 0.100. The molecule has 1 amide bonds. The average molecular weight is 497 g/mol. The number of carbonyl (C=O) groups excluding carboxylic acids is 1.